The number of carboxylic acid groups (broad SMARTS) is 1. The van der Waals surface area contributed by atoms with Crippen LogP contribution in [0.25, 0.3) is 39.6 Å². The third-order valence-corrected chi connectivity index (χ3v) is 12.1. The molecule has 11 nitrogen and oxygen atoms in total. The number of nitrogens with one attached hydrogen (secondary N) is 2. The Balaban J connectivity index is 1.04. The summed E-state index contributed by atoms with van der Waals surface area (Å²) < 4.78 is 24.6. The molecule has 0 saturated heterocycles. The summed E-state index contributed by atoms with van der Waals surface area (Å²) in [7, 11) is 0. The standard InChI is InChI=1S/C49H45ClFN5O6/c50-35-15-11-31(12-16-35)39-20-13-32(45(52)59)26-34(39)29-62-38-19-21-40(41(51)28-38)46-54-42-27-33(14-22-43(42)56(46)37-6-2-1-3-7-37)47(60)55-49(24-4-5-25-49)48(61)53-36-17-8-30(9-18-36)10-23-44(57)58/h8-23,26-28,37H,1-7,24-25,29H2,(H2,52,59)(H,53,61)(H,55,60)(H,57,58). The van der Waals surface area contributed by atoms with Gasteiger partial charge in [-0.05, 0) is 121 Å². The summed E-state index contributed by atoms with van der Waals surface area (Å²) in [4.78, 5) is 55.7. The zero-order valence-electron chi connectivity index (χ0n) is 33.8. The van der Waals surface area contributed by atoms with E-state index in [0.717, 1.165) is 67.7 Å². The molecule has 2 aliphatic rings. The third kappa shape index (κ3) is 9.11. The average molecular weight is 854 g/mol. The van der Waals surface area contributed by atoms with Crippen molar-refractivity contribution < 1.29 is 33.4 Å². The highest BCUT2D eigenvalue weighted by atomic mass is 35.5. The van der Waals surface area contributed by atoms with Crippen molar-refractivity contribution in [2.75, 3.05) is 5.32 Å². The quantitative estimate of drug-likeness (QED) is 0.0840. The number of hydrogen-bond donors (Lipinski definition) is 4. The number of amides is 3. The number of fused-ring (bicyclic) bond motifs is 1. The van der Waals surface area contributed by atoms with Crippen LogP contribution in [0.2, 0.25) is 5.02 Å². The fourth-order valence-corrected chi connectivity index (χ4v) is 8.74. The van der Waals surface area contributed by atoms with Crippen LogP contribution in [0.4, 0.5) is 10.1 Å². The number of rotatable bonds is 13. The van der Waals surface area contributed by atoms with E-state index < -0.39 is 29.1 Å². The normalized spacial score (nSPS) is 15.1. The lowest BCUT2D eigenvalue weighted by molar-refractivity contribution is -0.131. The highest BCUT2D eigenvalue weighted by molar-refractivity contribution is 6.30. The van der Waals surface area contributed by atoms with E-state index in [2.05, 4.69) is 15.2 Å². The zero-order chi connectivity index (χ0) is 43.4. The molecule has 13 heteroatoms. The Morgan fingerprint density at radius 3 is 2.26 bits per heavy atom. The number of imidazole rings is 1. The SMILES string of the molecule is NC(=O)c1ccc(-c2ccc(Cl)cc2)c(COc2ccc(-c3nc4cc(C(=O)NC5(C(=O)Nc6ccc(C=CC(=O)O)cc6)CCCC5)ccc4n3C3CCCCC3)c(F)c2)c1. The topological polar surface area (TPSA) is 166 Å². The van der Waals surface area contributed by atoms with E-state index in [1.807, 2.05) is 18.2 Å². The van der Waals surface area contributed by atoms with Gasteiger partial charge in [-0.1, -0.05) is 74.0 Å². The number of primary amides is 1. The van der Waals surface area contributed by atoms with Crippen LogP contribution in [-0.4, -0.2) is 43.9 Å². The predicted octanol–water partition coefficient (Wildman–Crippen LogP) is 10.1. The molecule has 5 aromatic carbocycles. The van der Waals surface area contributed by atoms with Crippen LogP contribution >= 0.6 is 11.6 Å². The molecule has 5 N–H and O–H groups in total. The van der Waals surface area contributed by atoms with Gasteiger partial charge in [-0.15, -0.1) is 0 Å². The number of benzene rings is 5. The van der Waals surface area contributed by atoms with Gasteiger partial charge in [-0.25, -0.2) is 14.2 Å². The minimum absolute atomic E-state index is 0.0351. The summed E-state index contributed by atoms with van der Waals surface area (Å²) in [5.74, 6) is -2.18. The van der Waals surface area contributed by atoms with Gasteiger partial charge < -0.3 is 30.8 Å². The Kier molecular flexibility index (Phi) is 12.2. The monoisotopic (exact) mass is 853 g/mol. The van der Waals surface area contributed by atoms with E-state index in [-0.39, 0.29) is 29.9 Å². The number of carbonyl (C=O) groups excluding carboxylic acids is 3. The van der Waals surface area contributed by atoms with E-state index in [9.17, 15) is 19.2 Å². The number of halogens is 2. The van der Waals surface area contributed by atoms with E-state index in [1.54, 1.807) is 78.9 Å². The van der Waals surface area contributed by atoms with Gasteiger partial charge in [0.1, 0.15) is 29.5 Å². The lowest BCUT2D eigenvalue weighted by atomic mass is 9.94. The van der Waals surface area contributed by atoms with Crippen molar-refractivity contribution in [3.8, 4) is 28.3 Å². The highest BCUT2D eigenvalue weighted by Gasteiger charge is 2.43. The van der Waals surface area contributed by atoms with Crippen molar-refractivity contribution in [2.45, 2.75) is 76.0 Å². The Bertz CT molecular complexity index is 2700. The highest BCUT2D eigenvalue weighted by Crippen LogP contribution is 2.38. The lowest BCUT2D eigenvalue weighted by Crippen LogP contribution is -2.55. The van der Waals surface area contributed by atoms with Crippen LogP contribution in [-0.2, 0) is 16.2 Å². The van der Waals surface area contributed by atoms with Gasteiger partial charge in [0.05, 0.1) is 16.6 Å². The smallest absolute Gasteiger partial charge is 0.328 e. The molecule has 2 aliphatic carbocycles. The molecular weight excluding hydrogens is 809 g/mol. The molecule has 2 fully saturated rings. The van der Waals surface area contributed by atoms with Crippen molar-refractivity contribution in [3.63, 3.8) is 0 Å². The number of nitrogens with two attached hydrogens (primary N) is 1. The molecule has 0 atom stereocenters. The van der Waals surface area contributed by atoms with Gasteiger partial charge in [-0.3, -0.25) is 14.4 Å². The summed E-state index contributed by atoms with van der Waals surface area (Å²) in [6.45, 7) is 0.0351. The molecule has 1 aromatic heterocycles. The molecule has 2 saturated carbocycles. The summed E-state index contributed by atoms with van der Waals surface area (Å²) in [6, 6.07) is 29.2. The summed E-state index contributed by atoms with van der Waals surface area (Å²) >= 11 is 6.13. The first-order valence-electron chi connectivity index (χ1n) is 20.7. The van der Waals surface area contributed by atoms with Gasteiger partial charge >= 0.3 is 5.97 Å². The zero-order valence-corrected chi connectivity index (χ0v) is 34.6. The Morgan fingerprint density at radius 2 is 1.56 bits per heavy atom. The Morgan fingerprint density at radius 1 is 0.855 bits per heavy atom. The second-order valence-corrected chi connectivity index (χ2v) is 16.4. The number of ether oxygens (including phenoxy) is 1. The van der Waals surface area contributed by atoms with Crippen LogP contribution < -0.4 is 21.1 Å². The lowest BCUT2D eigenvalue weighted by Gasteiger charge is -2.29. The van der Waals surface area contributed by atoms with Crippen LogP contribution in [0, 0.1) is 5.82 Å². The van der Waals surface area contributed by atoms with Crippen LogP contribution in [0.5, 0.6) is 5.75 Å². The average Bonchev–Trinajstić information content (AvgIpc) is 3.91. The number of anilines is 1. The van der Waals surface area contributed by atoms with E-state index >= 15 is 4.39 Å². The molecule has 3 amide bonds. The van der Waals surface area contributed by atoms with E-state index in [0.29, 0.717) is 57.1 Å². The fraction of sp³-hybridized carbons (Fsp3) is 0.245. The van der Waals surface area contributed by atoms with Crippen molar-refractivity contribution in [2.24, 2.45) is 5.73 Å². The second-order valence-electron chi connectivity index (χ2n) is 16.0. The first kappa shape index (κ1) is 41.9. The van der Waals surface area contributed by atoms with E-state index in [1.165, 1.54) is 12.1 Å². The molecule has 62 heavy (non-hydrogen) atoms. The largest absolute Gasteiger partial charge is 0.489 e. The van der Waals surface area contributed by atoms with Gasteiger partial charge in [0.25, 0.3) is 5.91 Å². The number of aromatic nitrogens is 2. The molecule has 0 aliphatic heterocycles. The number of aliphatic carboxylic acids is 1. The van der Waals surface area contributed by atoms with Gasteiger partial charge in [-0.2, -0.15) is 0 Å². The van der Waals surface area contributed by atoms with E-state index in [4.69, 9.17) is 32.2 Å². The first-order chi connectivity index (χ1) is 30.0. The second kappa shape index (κ2) is 18.1. The maximum Gasteiger partial charge on any atom is 0.328 e. The molecule has 1 heterocycles. The van der Waals surface area contributed by atoms with Crippen molar-refractivity contribution in [1.29, 1.82) is 0 Å². The Hall–Kier alpha value is -6.79. The van der Waals surface area contributed by atoms with Crippen LogP contribution in [0.15, 0.2) is 109 Å². The van der Waals surface area contributed by atoms with Crippen molar-refractivity contribution in [1.82, 2.24) is 14.9 Å². The van der Waals surface area contributed by atoms with Gasteiger partial charge in [0.2, 0.25) is 11.8 Å². The van der Waals surface area contributed by atoms with Crippen LogP contribution in [0.3, 0.4) is 0 Å². The molecule has 8 rings (SSSR count). The third-order valence-electron chi connectivity index (χ3n) is 11.8. The number of carboxylic acids is 1. The maximum atomic E-state index is 16.3. The maximum absolute atomic E-state index is 16.3. The molecule has 6 aromatic rings. The molecule has 316 valence electrons. The number of carbonyl (C=O) groups is 4. The molecular formula is C49H45ClFN5O6. The van der Waals surface area contributed by atoms with Gasteiger partial charge in [0, 0.05) is 40.0 Å². The molecule has 0 spiro atoms. The summed E-state index contributed by atoms with van der Waals surface area (Å²) in [6.07, 6.45) is 9.97. The first-order valence-corrected chi connectivity index (χ1v) is 21.1. The summed E-state index contributed by atoms with van der Waals surface area (Å²) in [5.41, 5.74) is 10.3. The number of hydrogen-bond acceptors (Lipinski definition) is 6. The molecule has 0 radical (unpaired) electrons. The predicted molar refractivity (Wildman–Crippen MR) is 237 cm³/mol. The molecule has 0 bridgehead atoms. The summed E-state index contributed by atoms with van der Waals surface area (Å²) in [5, 5.41) is 15.5. The minimum atomic E-state index is -1.13. The molecule has 0 unspecified atom stereocenters. The van der Waals surface area contributed by atoms with Crippen molar-refractivity contribution in [3.05, 3.63) is 142 Å². The Labute approximate surface area is 362 Å². The number of nitrogens with zero attached hydrogens (tertiary/aromatic N) is 2. The van der Waals surface area contributed by atoms with Crippen LogP contribution in [0.1, 0.15) is 95.7 Å². The fourth-order valence-electron chi connectivity index (χ4n) is 8.62. The van der Waals surface area contributed by atoms with Gasteiger partial charge in [0.15, 0.2) is 0 Å². The minimum Gasteiger partial charge on any atom is -0.489 e. The van der Waals surface area contributed by atoms with Crippen molar-refractivity contribution >= 4 is 58.1 Å².